The minimum absolute atomic E-state index is 0.00124. The molecule has 0 saturated heterocycles. The van der Waals surface area contributed by atoms with Gasteiger partial charge in [-0.1, -0.05) is 164 Å². The third-order valence-corrected chi connectivity index (χ3v) is 18.3. The smallest absolute Gasteiger partial charge is 0.375 e. The van der Waals surface area contributed by atoms with E-state index in [1.54, 1.807) is 0 Å². The Morgan fingerprint density at radius 3 is 1.70 bits per heavy atom. The number of anilines is 5. The van der Waals surface area contributed by atoms with Crippen molar-refractivity contribution >= 4 is 79.3 Å². The molecule has 2 aliphatic carbocycles. The fraction of sp³-hybridized carbons (Fsp3) is 0.353. The average molecular weight is 959 g/mol. The molecule has 0 fully saturated rings. The van der Waals surface area contributed by atoms with Crippen molar-refractivity contribution in [1.29, 1.82) is 0 Å². The largest absolute Gasteiger partial charge is 0.466 e. The lowest BCUT2D eigenvalue weighted by atomic mass is 9.45. The van der Waals surface area contributed by atoms with Crippen molar-refractivity contribution in [2.24, 2.45) is 0 Å². The molecule has 0 spiro atoms. The second-order valence-electron chi connectivity index (χ2n) is 27.1. The van der Waals surface area contributed by atoms with Gasteiger partial charge in [0.2, 0.25) is 0 Å². The number of furan rings is 2. The van der Waals surface area contributed by atoms with Gasteiger partial charge in [-0.25, -0.2) is 0 Å². The van der Waals surface area contributed by atoms with Crippen molar-refractivity contribution in [1.82, 2.24) is 0 Å². The minimum Gasteiger partial charge on any atom is -0.466 e. The molecule has 4 aliphatic rings. The Labute approximate surface area is 433 Å². The summed E-state index contributed by atoms with van der Waals surface area (Å²) >= 11 is 0. The zero-order valence-electron chi connectivity index (χ0n) is 45.7. The number of benzene rings is 7. The number of rotatable bonds is 3. The zero-order chi connectivity index (χ0) is 51.1. The maximum atomic E-state index is 7.85. The zero-order valence-corrected chi connectivity index (χ0v) is 45.7. The van der Waals surface area contributed by atoms with Gasteiger partial charge in [-0.15, -0.1) is 0 Å². The van der Waals surface area contributed by atoms with Gasteiger partial charge in [-0.3, -0.25) is 0 Å². The molecule has 4 heterocycles. The van der Waals surface area contributed by atoms with Crippen molar-refractivity contribution in [2.45, 2.75) is 155 Å². The summed E-state index contributed by atoms with van der Waals surface area (Å²) < 4.78 is 15.0. The molecular weight excluding hydrogens is 888 g/mol. The molecule has 5 heteroatoms. The summed E-state index contributed by atoms with van der Waals surface area (Å²) in [5, 5.41) is 3.44. The highest BCUT2D eigenvalue weighted by Crippen LogP contribution is 2.57. The van der Waals surface area contributed by atoms with E-state index < -0.39 is 0 Å². The summed E-state index contributed by atoms with van der Waals surface area (Å²) in [6.07, 6.45) is 4.56. The first-order valence-electron chi connectivity index (χ1n) is 27.1. The Hall–Kier alpha value is -6.46. The van der Waals surface area contributed by atoms with Crippen LogP contribution in [0.25, 0.3) is 55.2 Å². The predicted octanol–water partition coefficient (Wildman–Crippen LogP) is 18.0. The second kappa shape index (κ2) is 15.1. The van der Waals surface area contributed by atoms with Crippen LogP contribution < -0.4 is 20.8 Å². The number of fused-ring (bicyclic) bond motifs is 12. The Morgan fingerprint density at radius 2 is 1.04 bits per heavy atom. The van der Waals surface area contributed by atoms with Crippen LogP contribution in [0.1, 0.15) is 156 Å². The van der Waals surface area contributed by atoms with Crippen molar-refractivity contribution in [3.05, 3.63) is 161 Å². The van der Waals surface area contributed by atoms with Crippen molar-refractivity contribution in [3.63, 3.8) is 0 Å². The monoisotopic (exact) mass is 959 g/mol. The molecule has 0 amide bonds. The predicted molar refractivity (Wildman–Crippen MR) is 311 cm³/mol. The molecule has 2 aliphatic heterocycles. The first kappa shape index (κ1) is 46.3. The first-order valence-corrected chi connectivity index (χ1v) is 27.1. The normalized spacial score (nSPS) is 18.1. The molecule has 368 valence electrons. The van der Waals surface area contributed by atoms with Crippen LogP contribution in [0.4, 0.5) is 28.4 Å². The highest BCUT2D eigenvalue weighted by molar-refractivity contribution is 6.93. The Bertz CT molecular complexity index is 3790. The van der Waals surface area contributed by atoms with Gasteiger partial charge in [-0.05, 0) is 163 Å². The van der Waals surface area contributed by atoms with E-state index in [1.807, 2.05) is 0 Å². The molecule has 0 saturated carbocycles. The van der Waals surface area contributed by atoms with Gasteiger partial charge in [0.05, 0.1) is 11.4 Å². The van der Waals surface area contributed by atoms with Gasteiger partial charge >= 0.3 is 6.85 Å². The number of para-hydroxylation sites is 1. The van der Waals surface area contributed by atoms with Gasteiger partial charge in [0.15, 0.2) is 0 Å². The molecule has 0 bridgehead atoms. The van der Waals surface area contributed by atoms with E-state index in [-0.39, 0.29) is 39.3 Å². The molecule has 4 nitrogen and oxygen atoms in total. The fourth-order valence-electron chi connectivity index (χ4n) is 13.6. The molecule has 9 aromatic rings. The van der Waals surface area contributed by atoms with Gasteiger partial charge in [-0.2, -0.15) is 0 Å². The Morgan fingerprint density at radius 1 is 0.466 bits per heavy atom. The van der Waals surface area contributed by atoms with Crippen LogP contribution in [0, 0.1) is 0 Å². The van der Waals surface area contributed by atoms with E-state index >= 15 is 0 Å². The summed E-state index contributed by atoms with van der Waals surface area (Å²) in [4.78, 5) is 5.27. The molecule has 0 radical (unpaired) electrons. The summed E-state index contributed by atoms with van der Waals surface area (Å²) in [6, 6.07) is 49.0. The standard InChI is InChI=1S/C68H71BN2O2/c1-63(2,3)41-24-28-52(45(34-41)40-20-16-15-17-21-40)70-54-39-57-58(44-22-18-19-23-55(44)72-57)59-46-35-42(64(4,5)6)25-29-53(46)71(43-26-27-48-49(36-43)66(9,10)31-30-65(48,7)8)69(60(54)59)62-61(70)47-37-50-51(38-56(47)73-62)68(13,14)33-32-67(50,11)12/h15-29,34-39H,30-33H2,1-14H3. The average Bonchev–Trinajstić information content (AvgIpc) is 3.92. The molecule has 2 aromatic heterocycles. The van der Waals surface area contributed by atoms with Crippen LogP contribution in [0.15, 0.2) is 136 Å². The summed E-state index contributed by atoms with van der Waals surface area (Å²) in [5.74, 6) is 0. The van der Waals surface area contributed by atoms with Crippen LogP contribution in [-0.2, 0) is 32.5 Å². The molecule has 0 N–H and O–H groups in total. The Kier molecular flexibility index (Phi) is 9.58. The quantitative estimate of drug-likeness (QED) is 0.165. The van der Waals surface area contributed by atoms with Gasteiger partial charge in [0.25, 0.3) is 0 Å². The third kappa shape index (κ3) is 6.78. The van der Waals surface area contributed by atoms with E-state index in [0.29, 0.717) is 0 Å². The molecule has 0 unspecified atom stereocenters. The first-order chi connectivity index (χ1) is 34.4. The maximum absolute atomic E-state index is 7.85. The number of nitrogens with zero attached hydrogens (tertiary/aromatic N) is 2. The molecule has 13 rings (SSSR count). The van der Waals surface area contributed by atoms with Gasteiger partial charge in [0.1, 0.15) is 22.4 Å². The summed E-state index contributed by atoms with van der Waals surface area (Å²) in [5.41, 5.74) is 23.7. The van der Waals surface area contributed by atoms with Crippen molar-refractivity contribution < 1.29 is 8.83 Å². The van der Waals surface area contributed by atoms with E-state index in [9.17, 15) is 0 Å². The molecule has 7 aromatic carbocycles. The molecular formula is C68H71BN2O2. The van der Waals surface area contributed by atoms with E-state index in [0.717, 1.165) is 74.9 Å². The van der Waals surface area contributed by atoms with Crippen LogP contribution in [0.3, 0.4) is 0 Å². The summed E-state index contributed by atoms with van der Waals surface area (Å²) in [6.45, 7) is 33.2. The number of hydrogen-bond acceptors (Lipinski definition) is 4. The number of hydrogen-bond donors (Lipinski definition) is 0. The van der Waals surface area contributed by atoms with Crippen molar-refractivity contribution in [2.75, 3.05) is 9.71 Å². The summed E-state index contributed by atoms with van der Waals surface area (Å²) in [7, 11) is 0. The highest BCUT2D eigenvalue weighted by atomic mass is 16.3. The minimum atomic E-state index is -0.320. The lowest BCUT2D eigenvalue weighted by Crippen LogP contribution is -2.61. The molecule has 0 atom stereocenters. The lowest BCUT2D eigenvalue weighted by Gasteiger charge is -2.46. The van der Waals surface area contributed by atoms with E-state index in [2.05, 4.69) is 234 Å². The fourth-order valence-corrected chi connectivity index (χ4v) is 13.6. The van der Waals surface area contributed by atoms with E-state index in [1.165, 1.54) is 78.9 Å². The lowest BCUT2D eigenvalue weighted by molar-refractivity contribution is 0.332. The topological polar surface area (TPSA) is 32.8 Å². The van der Waals surface area contributed by atoms with Crippen LogP contribution in [-0.4, -0.2) is 6.85 Å². The Balaban J connectivity index is 1.23. The van der Waals surface area contributed by atoms with Crippen LogP contribution in [0.2, 0.25) is 0 Å². The van der Waals surface area contributed by atoms with E-state index in [4.69, 9.17) is 8.83 Å². The van der Waals surface area contributed by atoms with Crippen LogP contribution >= 0.6 is 0 Å². The second-order valence-corrected chi connectivity index (χ2v) is 27.1. The van der Waals surface area contributed by atoms with Gasteiger partial charge in [0, 0.05) is 50.4 Å². The highest BCUT2D eigenvalue weighted by Gasteiger charge is 2.51. The van der Waals surface area contributed by atoms with Crippen molar-refractivity contribution in [3.8, 4) is 22.3 Å². The van der Waals surface area contributed by atoms with Gasteiger partial charge < -0.3 is 18.5 Å². The molecule has 73 heavy (non-hydrogen) atoms. The maximum Gasteiger partial charge on any atom is 0.375 e. The van der Waals surface area contributed by atoms with Crippen LogP contribution in [0.5, 0.6) is 0 Å². The third-order valence-electron chi connectivity index (χ3n) is 18.3. The SMILES string of the molecule is CC(C)(C)c1ccc2c(c1)-c1c3c(cc4oc5ccccc5c14)N(c1ccc(C(C)(C)C)cc1-c1ccccc1)c1c(oc4cc5c(cc14)C(C)(C)CCC5(C)C)B3N2c1ccc2c(c1)C(C)(C)CCC2(C)C.